The van der Waals surface area contributed by atoms with Gasteiger partial charge in [0, 0.05) is 17.6 Å². The van der Waals surface area contributed by atoms with Crippen LogP contribution in [0.3, 0.4) is 0 Å². The van der Waals surface area contributed by atoms with Crippen LogP contribution in [0, 0.1) is 13.8 Å². The number of nitrogens with zero attached hydrogens (tertiary/aromatic N) is 2. The van der Waals surface area contributed by atoms with Crippen LogP contribution >= 0.6 is 15.9 Å². The molecule has 9 heteroatoms. The van der Waals surface area contributed by atoms with Crippen LogP contribution in [0.15, 0.2) is 46.9 Å². The first kappa shape index (κ1) is 28.8. The molecule has 0 radical (unpaired) electrons. The van der Waals surface area contributed by atoms with Crippen molar-refractivity contribution < 1.29 is 18.0 Å². The van der Waals surface area contributed by atoms with E-state index in [2.05, 4.69) is 21.2 Å². The summed E-state index contributed by atoms with van der Waals surface area (Å²) in [5.74, 6) is -0.665. The van der Waals surface area contributed by atoms with Crippen molar-refractivity contribution in [1.29, 1.82) is 0 Å². The van der Waals surface area contributed by atoms with E-state index in [0.29, 0.717) is 18.7 Å². The predicted molar refractivity (Wildman–Crippen MR) is 145 cm³/mol. The molecule has 7 nitrogen and oxygen atoms in total. The fourth-order valence-corrected chi connectivity index (χ4v) is 4.92. The molecule has 0 fully saturated rings. The van der Waals surface area contributed by atoms with Crippen LogP contribution in [0.25, 0.3) is 0 Å². The first-order valence-electron chi connectivity index (χ1n) is 11.8. The molecule has 0 bridgehead atoms. The molecule has 0 spiro atoms. The van der Waals surface area contributed by atoms with Crippen molar-refractivity contribution in [2.45, 2.75) is 59.5 Å². The summed E-state index contributed by atoms with van der Waals surface area (Å²) in [6, 6.07) is 12.2. The number of hydrogen-bond donors (Lipinski definition) is 1. The van der Waals surface area contributed by atoms with Crippen LogP contribution in [-0.4, -0.2) is 50.5 Å². The first-order chi connectivity index (χ1) is 16.5. The van der Waals surface area contributed by atoms with Gasteiger partial charge in [-0.05, 0) is 56.0 Å². The minimum atomic E-state index is -3.76. The molecule has 0 unspecified atom stereocenters. The van der Waals surface area contributed by atoms with Crippen LogP contribution < -0.4 is 9.62 Å². The van der Waals surface area contributed by atoms with Crippen molar-refractivity contribution >= 4 is 43.5 Å². The van der Waals surface area contributed by atoms with E-state index in [1.807, 2.05) is 52.0 Å². The smallest absolute Gasteiger partial charge is 0.244 e. The second kappa shape index (κ2) is 13.1. The molecule has 0 saturated carbocycles. The van der Waals surface area contributed by atoms with Crippen LogP contribution in [0.1, 0.15) is 49.8 Å². The van der Waals surface area contributed by atoms with Crippen LogP contribution in [0.5, 0.6) is 0 Å². The summed E-state index contributed by atoms with van der Waals surface area (Å²) in [6.45, 7) is 8.06. The van der Waals surface area contributed by atoms with E-state index < -0.39 is 28.5 Å². The highest BCUT2D eigenvalue weighted by atomic mass is 79.9. The van der Waals surface area contributed by atoms with Crippen molar-refractivity contribution in [3.8, 4) is 0 Å². The minimum Gasteiger partial charge on any atom is -0.354 e. The average Bonchev–Trinajstić information content (AvgIpc) is 2.78. The molecule has 0 aromatic heterocycles. The number of hydrogen-bond acceptors (Lipinski definition) is 4. The van der Waals surface area contributed by atoms with Gasteiger partial charge in [0.25, 0.3) is 0 Å². The third-order valence-electron chi connectivity index (χ3n) is 5.76. The third kappa shape index (κ3) is 8.35. The van der Waals surface area contributed by atoms with Crippen molar-refractivity contribution in [3.05, 3.63) is 63.6 Å². The predicted octanol–water partition coefficient (Wildman–Crippen LogP) is 4.56. The van der Waals surface area contributed by atoms with E-state index in [1.165, 1.54) is 4.90 Å². The largest absolute Gasteiger partial charge is 0.354 e. The van der Waals surface area contributed by atoms with Crippen molar-refractivity contribution in [1.82, 2.24) is 10.2 Å². The van der Waals surface area contributed by atoms with Gasteiger partial charge in [0.2, 0.25) is 21.8 Å². The molecule has 2 amide bonds. The lowest BCUT2D eigenvalue weighted by atomic mass is 10.1. The molecular weight excluding hydrogens is 530 g/mol. The summed E-state index contributed by atoms with van der Waals surface area (Å²) in [6.07, 6.45) is 3.28. The first-order valence-corrected chi connectivity index (χ1v) is 14.5. The van der Waals surface area contributed by atoms with Gasteiger partial charge >= 0.3 is 0 Å². The Bertz CT molecular complexity index is 1140. The Morgan fingerprint density at radius 2 is 1.80 bits per heavy atom. The summed E-state index contributed by atoms with van der Waals surface area (Å²) in [5, 5.41) is 2.93. The van der Waals surface area contributed by atoms with Crippen LogP contribution in [-0.2, 0) is 26.2 Å². The zero-order chi connectivity index (χ0) is 26.2. The van der Waals surface area contributed by atoms with E-state index in [1.54, 1.807) is 18.2 Å². The SMILES string of the molecule is CCCCNC(=O)[C@H](CC)N(Cc1cccc(C)c1)C(=O)CN(c1ccc(Br)c(C)c1)S(C)(=O)=O. The van der Waals surface area contributed by atoms with Crippen LogP contribution in [0.2, 0.25) is 0 Å². The van der Waals surface area contributed by atoms with E-state index in [4.69, 9.17) is 0 Å². The topological polar surface area (TPSA) is 86.8 Å². The molecule has 2 aromatic rings. The van der Waals surface area contributed by atoms with Gasteiger partial charge < -0.3 is 10.2 Å². The van der Waals surface area contributed by atoms with Gasteiger partial charge in [-0.1, -0.05) is 66.0 Å². The Morgan fingerprint density at radius 1 is 1.09 bits per heavy atom. The van der Waals surface area contributed by atoms with Gasteiger partial charge in [-0.2, -0.15) is 0 Å². The summed E-state index contributed by atoms with van der Waals surface area (Å²) in [4.78, 5) is 28.2. The van der Waals surface area contributed by atoms with Crippen molar-refractivity contribution in [3.63, 3.8) is 0 Å². The van der Waals surface area contributed by atoms with E-state index in [9.17, 15) is 18.0 Å². The monoisotopic (exact) mass is 565 g/mol. The quantitative estimate of drug-likeness (QED) is 0.382. The highest BCUT2D eigenvalue weighted by Crippen LogP contribution is 2.25. The number of unbranched alkanes of at least 4 members (excludes halogenated alkanes) is 1. The Labute approximate surface area is 218 Å². The normalized spacial score (nSPS) is 12.2. The lowest BCUT2D eigenvalue weighted by Crippen LogP contribution is -2.52. The maximum absolute atomic E-state index is 13.7. The fourth-order valence-electron chi connectivity index (χ4n) is 3.83. The van der Waals surface area contributed by atoms with Crippen LogP contribution in [0.4, 0.5) is 5.69 Å². The average molecular weight is 567 g/mol. The van der Waals surface area contributed by atoms with Crippen molar-refractivity contribution in [2.75, 3.05) is 23.7 Å². The molecule has 35 heavy (non-hydrogen) atoms. The number of halogens is 1. The highest BCUT2D eigenvalue weighted by molar-refractivity contribution is 9.10. The van der Waals surface area contributed by atoms with Crippen molar-refractivity contribution in [2.24, 2.45) is 0 Å². The number of amides is 2. The molecule has 0 saturated heterocycles. The molecule has 1 N–H and O–H groups in total. The molecule has 2 aromatic carbocycles. The van der Waals surface area contributed by atoms with Gasteiger partial charge in [-0.15, -0.1) is 0 Å². The molecular formula is C26H36BrN3O4S. The number of rotatable bonds is 12. The van der Waals surface area contributed by atoms with Gasteiger partial charge in [0.15, 0.2) is 0 Å². The number of nitrogens with one attached hydrogen (secondary N) is 1. The molecule has 1 atom stereocenters. The number of aryl methyl sites for hydroxylation is 2. The summed E-state index contributed by atoms with van der Waals surface area (Å²) in [7, 11) is -3.76. The highest BCUT2D eigenvalue weighted by Gasteiger charge is 2.31. The molecule has 0 aliphatic carbocycles. The number of carbonyl (C=O) groups is 2. The molecule has 192 valence electrons. The Balaban J connectivity index is 2.42. The summed E-state index contributed by atoms with van der Waals surface area (Å²) >= 11 is 3.43. The summed E-state index contributed by atoms with van der Waals surface area (Å²) in [5.41, 5.74) is 3.17. The summed E-state index contributed by atoms with van der Waals surface area (Å²) < 4.78 is 27.3. The van der Waals surface area contributed by atoms with E-state index in [0.717, 1.165) is 44.6 Å². The number of sulfonamides is 1. The second-order valence-electron chi connectivity index (χ2n) is 8.78. The third-order valence-corrected chi connectivity index (χ3v) is 7.79. The second-order valence-corrected chi connectivity index (χ2v) is 11.5. The zero-order valence-corrected chi connectivity index (χ0v) is 23.6. The molecule has 0 aliphatic heterocycles. The van der Waals surface area contributed by atoms with Gasteiger partial charge in [-0.25, -0.2) is 8.42 Å². The maximum atomic E-state index is 13.7. The maximum Gasteiger partial charge on any atom is 0.244 e. The Morgan fingerprint density at radius 3 is 2.37 bits per heavy atom. The standard InChI is InChI=1S/C26H36BrN3O4S/c1-6-8-14-28-26(32)24(7-2)29(17-21-11-9-10-19(3)15-21)25(31)18-30(35(5,33)34)22-12-13-23(27)20(4)16-22/h9-13,15-16,24H,6-8,14,17-18H2,1-5H3,(H,28,32)/t24-/m0/s1. The lowest BCUT2D eigenvalue weighted by Gasteiger charge is -2.33. The number of anilines is 1. The van der Waals surface area contributed by atoms with Gasteiger partial charge in [0.1, 0.15) is 12.6 Å². The van der Waals surface area contributed by atoms with E-state index >= 15 is 0 Å². The molecule has 0 heterocycles. The lowest BCUT2D eigenvalue weighted by molar-refractivity contribution is -0.140. The van der Waals surface area contributed by atoms with Gasteiger partial charge in [0.05, 0.1) is 11.9 Å². The Kier molecular flexibility index (Phi) is 10.8. The zero-order valence-electron chi connectivity index (χ0n) is 21.2. The van der Waals surface area contributed by atoms with Gasteiger partial charge in [-0.3, -0.25) is 13.9 Å². The minimum absolute atomic E-state index is 0.206. The number of benzene rings is 2. The number of carbonyl (C=O) groups excluding carboxylic acids is 2. The Hall–Kier alpha value is -2.39. The fraction of sp³-hybridized carbons (Fsp3) is 0.462. The molecule has 0 aliphatic rings. The van der Waals surface area contributed by atoms with E-state index in [-0.39, 0.29) is 12.5 Å². The molecule has 2 rings (SSSR count).